The summed E-state index contributed by atoms with van der Waals surface area (Å²) in [6.45, 7) is 5.98. The lowest BCUT2D eigenvalue weighted by Gasteiger charge is -2.14. The number of ether oxygens (including phenoxy) is 2. The van der Waals surface area contributed by atoms with E-state index in [0.717, 1.165) is 25.3 Å². The predicted molar refractivity (Wildman–Crippen MR) is 149 cm³/mol. The molecule has 0 aliphatic heterocycles. The first kappa shape index (κ1) is 29.4. The van der Waals surface area contributed by atoms with Crippen LogP contribution in [-0.2, 0) is 6.16 Å². The van der Waals surface area contributed by atoms with E-state index in [1.54, 1.807) is 42.4 Å². The molecule has 3 aromatic rings. The predicted octanol–water partition coefficient (Wildman–Crippen LogP) is 6.99. The number of amides is 1. The average molecular weight is 617 g/mol. The van der Waals surface area contributed by atoms with Gasteiger partial charge < -0.3 is 14.8 Å². The molecule has 3 rings (SSSR count). The number of aromatic nitrogens is 2. The van der Waals surface area contributed by atoms with Crippen molar-refractivity contribution in [3.8, 4) is 17.2 Å². The number of benzene rings is 2. The molecule has 0 fully saturated rings. The van der Waals surface area contributed by atoms with E-state index in [-0.39, 0.29) is 46.0 Å². The summed E-state index contributed by atoms with van der Waals surface area (Å²) in [5.41, 5.74) is 1.32. The van der Waals surface area contributed by atoms with Crippen molar-refractivity contribution < 1.29 is 14.3 Å². The maximum absolute atomic E-state index is 12.9. The van der Waals surface area contributed by atoms with Gasteiger partial charge in [-0.15, -0.1) is 54.3 Å². The van der Waals surface area contributed by atoms with Crippen molar-refractivity contribution in [2.45, 2.75) is 31.0 Å². The van der Waals surface area contributed by atoms with Crippen LogP contribution < -0.4 is 14.8 Å². The average Bonchev–Trinajstić information content (AvgIpc) is 2.75. The molecule has 6 nitrogen and oxygen atoms in total. The summed E-state index contributed by atoms with van der Waals surface area (Å²) < 4.78 is 11.8. The minimum atomic E-state index is -0.309. The lowest BCUT2D eigenvalue weighted by atomic mass is 10.2. The number of rotatable bonds is 9. The van der Waals surface area contributed by atoms with Crippen molar-refractivity contribution >= 4 is 66.0 Å². The van der Waals surface area contributed by atoms with E-state index in [2.05, 4.69) is 21.9 Å². The Bertz CT molecular complexity index is 1020. The first-order valence-corrected chi connectivity index (χ1v) is 12.8. The van der Waals surface area contributed by atoms with Crippen molar-refractivity contribution in [1.29, 1.82) is 0 Å². The highest BCUT2D eigenvalue weighted by atomic mass is 79.9. The molecule has 1 N–H and O–H groups in total. The third-order valence-electron chi connectivity index (χ3n) is 4.11. The molecule has 1 atom stereocenters. The summed E-state index contributed by atoms with van der Waals surface area (Å²) in [6.07, 6.45) is 6.14. The quantitative estimate of drug-likeness (QED) is 0.206. The molecule has 0 saturated heterocycles. The van der Waals surface area contributed by atoms with Gasteiger partial charge in [-0.3, -0.25) is 9.78 Å². The fraction of sp³-hybridized carbons (Fsp3) is 0.261. The number of hydrogen-bond acceptors (Lipinski definition) is 6. The summed E-state index contributed by atoms with van der Waals surface area (Å²) in [5, 5.41) is 2.79. The van der Waals surface area contributed by atoms with Crippen molar-refractivity contribution in [2.75, 3.05) is 18.2 Å². The van der Waals surface area contributed by atoms with Crippen LogP contribution in [0.3, 0.4) is 0 Å². The Hall–Kier alpha value is -1.67. The molecule has 0 bridgehead atoms. The van der Waals surface area contributed by atoms with E-state index in [9.17, 15) is 4.79 Å². The SMILES string of the molecule is Br.Br.CPCc1cnc(NC(=O)c2cc(Oc3ccc(SC)cc3)cc(OC(C)C)c2)cn1. The highest BCUT2D eigenvalue weighted by Gasteiger charge is 2.13. The molecule has 0 radical (unpaired) electrons. The van der Waals surface area contributed by atoms with E-state index < -0.39 is 0 Å². The minimum absolute atomic E-state index is 0. The molecule has 1 amide bonds. The van der Waals surface area contributed by atoms with Gasteiger partial charge in [0.05, 0.1) is 24.2 Å². The van der Waals surface area contributed by atoms with Gasteiger partial charge in [-0.2, -0.15) is 0 Å². The number of carbonyl (C=O) groups excluding carboxylic acids is 1. The lowest BCUT2D eigenvalue weighted by molar-refractivity contribution is 0.102. The lowest BCUT2D eigenvalue weighted by Crippen LogP contribution is -2.14. The number of anilines is 1. The summed E-state index contributed by atoms with van der Waals surface area (Å²) >= 11 is 1.66. The molecule has 0 spiro atoms. The number of halogens is 2. The largest absolute Gasteiger partial charge is 0.491 e. The molecule has 0 aliphatic carbocycles. The summed E-state index contributed by atoms with van der Waals surface area (Å²) in [4.78, 5) is 22.6. The van der Waals surface area contributed by atoms with Crippen LogP contribution >= 0.6 is 54.3 Å². The normalized spacial score (nSPS) is 10.5. The first-order valence-electron chi connectivity index (χ1n) is 9.87. The first-order chi connectivity index (χ1) is 15.0. The monoisotopic (exact) mass is 615 g/mol. The Morgan fingerprint density at radius 3 is 2.30 bits per heavy atom. The topological polar surface area (TPSA) is 73.3 Å². The number of hydrogen-bond donors (Lipinski definition) is 1. The van der Waals surface area contributed by atoms with Gasteiger partial charge in [-0.25, -0.2) is 4.98 Å². The van der Waals surface area contributed by atoms with Crippen LogP contribution in [0, 0.1) is 0 Å². The molecule has 0 saturated carbocycles. The fourth-order valence-electron chi connectivity index (χ4n) is 2.76. The van der Waals surface area contributed by atoms with E-state index in [1.165, 1.54) is 0 Å². The third-order valence-corrected chi connectivity index (χ3v) is 5.57. The maximum Gasteiger partial charge on any atom is 0.257 e. The van der Waals surface area contributed by atoms with Gasteiger partial charge in [0.1, 0.15) is 17.2 Å². The molecular formula is C23H28Br2N3O3PS. The second-order valence-corrected chi connectivity index (χ2v) is 8.96. The second-order valence-electron chi connectivity index (χ2n) is 7.01. The molecule has 178 valence electrons. The zero-order valence-corrected chi connectivity index (χ0v) is 24.1. The van der Waals surface area contributed by atoms with Crippen LogP contribution in [0.2, 0.25) is 0 Å². The standard InChI is InChI=1S/C23H26N3O3PS.2BrH/c1-15(2)28-19-9-16(23(27)26-22-13-24-17(12-25-22)14-30-3)10-20(11-19)29-18-5-7-21(31-4)8-6-18;;/h5-13,15,30H,14H2,1-4H3,(H,25,26,27);2*1H. The van der Waals surface area contributed by atoms with Crippen molar-refractivity contribution in [2.24, 2.45) is 0 Å². The summed E-state index contributed by atoms with van der Waals surface area (Å²) in [6, 6.07) is 12.9. The van der Waals surface area contributed by atoms with Crippen LogP contribution in [0.15, 0.2) is 59.8 Å². The van der Waals surface area contributed by atoms with Gasteiger partial charge in [0, 0.05) is 22.7 Å². The maximum atomic E-state index is 12.9. The highest BCUT2D eigenvalue weighted by molar-refractivity contribution is 8.93. The second kappa shape index (κ2) is 14.6. The van der Waals surface area contributed by atoms with Crippen LogP contribution in [0.25, 0.3) is 0 Å². The summed E-state index contributed by atoms with van der Waals surface area (Å²) in [7, 11) is 0.768. The smallest absolute Gasteiger partial charge is 0.257 e. The number of nitrogens with one attached hydrogen (secondary N) is 1. The van der Waals surface area contributed by atoms with Crippen LogP contribution in [-0.4, -0.2) is 34.9 Å². The van der Waals surface area contributed by atoms with Crippen molar-refractivity contribution in [3.05, 3.63) is 66.1 Å². The molecule has 1 heterocycles. The Balaban J connectivity index is 0.00000272. The van der Waals surface area contributed by atoms with Gasteiger partial charge in [0.2, 0.25) is 0 Å². The number of nitrogens with zero attached hydrogens (tertiary/aromatic N) is 2. The van der Waals surface area contributed by atoms with Crippen LogP contribution in [0.5, 0.6) is 17.2 Å². The van der Waals surface area contributed by atoms with Gasteiger partial charge in [-0.1, -0.05) is 0 Å². The Labute approximate surface area is 222 Å². The van der Waals surface area contributed by atoms with Gasteiger partial charge in [0.25, 0.3) is 5.91 Å². The molecular weight excluding hydrogens is 589 g/mol. The Morgan fingerprint density at radius 1 is 1.03 bits per heavy atom. The number of carbonyl (C=O) groups is 1. The molecule has 1 aromatic heterocycles. The Kier molecular flexibility index (Phi) is 13.0. The fourth-order valence-corrected chi connectivity index (χ4v) is 3.72. The molecule has 10 heteroatoms. The van der Waals surface area contributed by atoms with Crippen LogP contribution in [0.4, 0.5) is 5.82 Å². The molecule has 2 aromatic carbocycles. The minimum Gasteiger partial charge on any atom is -0.491 e. The number of thioether (sulfide) groups is 1. The van der Waals surface area contributed by atoms with E-state index in [1.807, 2.05) is 44.4 Å². The zero-order chi connectivity index (χ0) is 22.2. The van der Waals surface area contributed by atoms with E-state index in [0.29, 0.717) is 28.6 Å². The van der Waals surface area contributed by atoms with Gasteiger partial charge >= 0.3 is 0 Å². The molecule has 33 heavy (non-hydrogen) atoms. The zero-order valence-electron chi connectivity index (χ0n) is 18.8. The van der Waals surface area contributed by atoms with Crippen molar-refractivity contribution in [1.82, 2.24) is 9.97 Å². The van der Waals surface area contributed by atoms with Gasteiger partial charge in [0.15, 0.2) is 5.82 Å². The highest BCUT2D eigenvalue weighted by Crippen LogP contribution is 2.29. The van der Waals surface area contributed by atoms with Crippen molar-refractivity contribution in [3.63, 3.8) is 0 Å². The molecule has 1 unspecified atom stereocenters. The third kappa shape index (κ3) is 9.24. The Morgan fingerprint density at radius 2 is 1.73 bits per heavy atom. The van der Waals surface area contributed by atoms with E-state index >= 15 is 0 Å². The van der Waals surface area contributed by atoms with Gasteiger partial charge in [-0.05, 0) is 63.2 Å². The van der Waals surface area contributed by atoms with E-state index in [4.69, 9.17) is 9.47 Å². The summed E-state index contributed by atoms with van der Waals surface area (Å²) in [5.74, 6) is 1.85. The van der Waals surface area contributed by atoms with Crippen LogP contribution in [0.1, 0.15) is 29.9 Å². The molecule has 0 aliphatic rings.